The quantitative estimate of drug-likeness (QED) is 0.273. The predicted octanol–water partition coefficient (Wildman–Crippen LogP) is 4.72. The summed E-state index contributed by atoms with van der Waals surface area (Å²) in [6, 6.07) is 14.8. The van der Waals surface area contributed by atoms with Crippen molar-refractivity contribution in [1.82, 2.24) is 0 Å². The van der Waals surface area contributed by atoms with E-state index >= 15 is 0 Å². The zero-order valence-electron chi connectivity index (χ0n) is 16.2. The lowest BCUT2D eigenvalue weighted by Crippen LogP contribution is -2.09. The van der Waals surface area contributed by atoms with E-state index in [4.69, 9.17) is 14.2 Å². The number of carbonyl (C=O) groups excluding carboxylic acids is 2. The monoisotopic (exact) mass is 380 g/mol. The number of esters is 2. The van der Waals surface area contributed by atoms with Crippen LogP contribution in [0.15, 0.2) is 72.8 Å². The van der Waals surface area contributed by atoms with E-state index in [1.165, 1.54) is 0 Å². The van der Waals surface area contributed by atoms with Crippen molar-refractivity contribution in [2.45, 2.75) is 20.3 Å². The zero-order valence-corrected chi connectivity index (χ0v) is 16.2. The van der Waals surface area contributed by atoms with Crippen LogP contribution in [0.4, 0.5) is 0 Å². The Morgan fingerprint density at radius 1 is 0.821 bits per heavy atom. The fourth-order valence-corrected chi connectivity index (χ4v) is 2.24. The van der Waals surface area contributed by atoms with Gasteiger partial charge in [0.1, 0.15) is 11.5 Å². The Bertz CT molecular complexity index is 882. The van der Waals surface area contributed by atoms with Crippen molar-refractivity contribution in [3.63, 3.8) is 0 Å². The minimum absolute atomic E-state index is 0.279. The van der Waals surface area contributed by atoms with E-state index in [0.29, 0.717) is 35.7 Å². The molecular weight excluding hydrogens is 356 g/mol. The van der Waals surface area contributed by atoms with Crippen LogP contribution in [0, 0.1) is 0 Å². The molecule has 146 valence electrons. The first-order valence-electron chi connectivity index (χ1n) is 8.90. The summed E-state index contributed by atoms with van der Waals surface area (Å²) in [4.78, 5) is 23.0. The van der Waals surface area contributed by atoms with Gasteiger partial charge in [0.25, 0.3) is 0 Å². The standard InChI is InChI=1S/C23H24O5/c1-16(2)22(24)27-13-7-12-26-20-10-5-8-18(14-20)19-9-6-11-21(15-19)28-23(25)17(3)4/h5-6,8-11,14-15H,1,3,7,12-13H2,2,4H3. The molecule has 0 N–H and O–H groups in total. The molecule has 0 saturated carbocycles. The van der Waals surface area contributed by atoms with Crippen LogP contribution in [-0.2, 0) is 14.3 Å². The molecule has 0 radical (unpaired) electrons. The summed E-state index contributed by atoms with van der Waals surface area (Å²) in [5, 5.41) is 0. The van der Waals surface area contributed by atoms with Crippen LogP contribution < -0.4 is 9.47 Å². The van der Waals surface area contributed by atoms with Gasteiger partial charge in [-0.25, -0.2) is 9.59 Å². The summed E-state index contributed by atoms with van der Waals surface area (Å²) in [5.41, 5.74) is 2.55. The summed E-state index contributed by atoms with van der Waals surface area (Å²) < 4.78 is 16.0. The van der Waals surface area contributed by atoms with Gasteiger partial charge in [0.15, 0.2) is 0 Å². The molecule has 0 bridgehead atoms. The van der Waals surface area contributed by atoms with Gasteiger partial charge in [-0.15, -0.1) is 0 Å². The fraction of sp³-hybridized carbons (Fsp3) is 0.217. The summed E-state index contributed by atoms with van der Waals surface area (Å²) in [5.74, 6) is 0.306. The highest BCUT2D eigenvalue weighted by molar-refractivity contribution is 5.89. The van der Waals surface area contributed by atoms with E-state index < -0.39 is 11.9 Å². The number of ether oxygens (including phenoxy) is 3. The lowest BCUT2D eigenvalue weighted by atomic mass is 10.1. The van der Waals surface area contributed by atoms with Gasteiger partial charge in [0.2, 0.25) is 0 Å². The maximum atomic E-state index is 11.7. The maximum Gasteiger partial charge on any atom is 0.338 e. The Hall–Kier alpha value is -3.34. The fourth-order valence-electron chi connectivity index (χ4n) is 2.24. The van der Waals surface area contributed by atoms with Crippen molar-refractivity contribution in [3.05, 3.63) is 72.8 Å². The van der Waals surface area contributed by atoms with E-state index in [1.807, 2.05) is 36.4 Å². The Morgan fingerprint density at radius 2 is 1.39 bits per heavy atom. The number of hydrogen-bond donors (Lipinski definition) is 0. The second-order valence-corrected chi connectivity index (χ2v) is 6.34. The largest absolute Gasteiger partial charge is 0.493 e. The van der Waals surface area contributed by atoms with Crippen molar-refractivity contribution in [3.8, 4) is 22.6 Å². The lowest BCUT2D eigenvalue weighted by Gasteiger charge is -2.10. The topological polar surface area (TPSA) is 61.8 Å². The number of rotatable bonds is 9. The minimum atomic E-state index is -0.457. The molecule has 0 aliphatic rings. The molecule has 0 amide bonds. The van der Waals surface area contributed by atoms with Crippen LogP contribution in [0.2, 0.25) is 0 Å². The first-order valence-corrected chi connectivity index (χ1v) is 8.90. The van der Waals surface area contributed by atoms with Crippen molar-refractivity contribution in [1.29, 1.82) is 0 Å². The Balaban J connectivity index is 1.95. The summed E-state index contributed by atoms with van der Waals surface area (Å²) in [6.45, 7) is 11.0. The molecule has 2 aromatic carbocycles. The number of benzene rings is 2. The van der Waals surface area contributed by atoms with Gasteiger partial charge in [-0.05, 0) is 49.2 Å². The minimum Gasteiger partial charge on any atom is -0.493 e. The molecule has 0 saturated heterocycles. The number of carbonyl (C=O) groups is 2. The molecule has 0 aliphatic carbocycles. The molecule has 0 fully saturated rings. The molecule has 0 atom stereocenters. The smallest absolute Gasteiger partial charge is 0.338 e. The molecule has 0 aromatic heterocycles. The van der Waals surface area contributed by atoms with Crippen LogP contribution in [-0.4, -0.2) is 25.2 Å². The summed E-state index contributed by atoms with van der Waals surface area (Å²) >= 11 is 0. The van der Waals surface area contributed by atoms with Gasteiger partial charge < -0.3 is 14.2 Å². The van der Waals surface area contributed by atoms with Gasteiger partial charge in [-0.3, -0.25) is 0 Å². The Morgan fingerprint density at radius 3 is 2.00 bits per heavy atom. The van der Waals surface area contributed by atoms with Gasteiger partial charge >= 0.3 is 11.9 Å². The zero-order chi connectivity index (χ0) is 20.5. The highest BCUT2D eigenvalue weighted by atomic mass is 16.5. The third kappa shape index (κ3) is 6.43. The molecular formula is C23H24O5. The SMILES string of the molecule is C=C(C)C(=O)OCCCOc1cccc(-c2cccc(OC(=O)C(=C)C)c2)c1. The van der Waals surface area contributed by atoms with Gasteiger partial charge in [0, 0.05) is 17.6 Å². The first-order chi connectivity index (χ1) is 13.4. The third-order valence-corrected chi connectivity index (χ3v) is 3.70. The second kappa shape index (κ2) is 10.1. The molecule has 0 unspecified atom stereocenters. The average molecular weight is 380 g/mol. The highest BCUT2D eigenvalue weighted by Crippen LogP contribution is 2.27. The molecule has 5 heteroatoms. The number of hydrogen-bond acceptors (Lipinski definition) is 5. The predicted molar refractivity (Wildman–Crippen MR) is 108 cm³/mol. The van der Waals surface area contributed by atoms with Crippen molar-refractivity contribution in [2.75, 3.05) is 13.2 Å². The van der Waals surface area contributed by atoms with Crippen molar-refractivity contribution in [2.24, 2.45) is 0 Å². The van der Waals surface area contributed by atoms with Crippen LogP contribution in [0.25, 0.3) is 11.1 Å². The Kier molecular flexibility index (Phi) is 7.57. The molecule has 28 heavy (non-hydrogen) atoms. The summed E-state index contributed by atoms with van der Waals surface area (Å²) in [7, 11) is 0. The average Bonchev–Trinajstić information content (AvgIpc) is 2.67. The normalized spacial score (nSPS) is 10.1. The summed E-state index contributed by atoms with van der Waals surface area (Å²) in [6.07, 6.45) is 0.579. The van der Waals surface area contributed by atoms with Crippen LogP contribution in [0.1, 0.15) is 20.3 Å². The third-order valence-electron chi connectivity index (χ3n) is 3.70. The van der Waals surface area contributed by atoms with Gasteiger partial charge in [-0.2, -0.15) is 0 Å². The van der Waals surface area contributed by atoms with Crippen LogP contribution in [0.5, 0.6) is 11.5 Å². The van der Waals surface area contributed by atoms with E-state index in [9.17, 15) is 9.59 Å². The van der Waals surface area contributed by atoms with Gasteiger partial charge in [0.05, 0.1) is 13.2 Å². The van der Waals surface area contributed by atoms with Crippen molar-refractivity contribution < 1.29 is 23.8 Å². The lowest BCUT2D eigenvalue weighted by molar-refractivity contribution is -0.139. The van der Waals surface area contributed by atoms with Crippen LogP contribution in [0.3, 0.4) is 0 Å². The van der Waals surface area contributed by atoms with E-state index in [2.05, 4.69) is 13.2 Å². The maximum absolute atomic E-state index is 11.7. The van der Waals surface area contributed by atoms with E-state index in [1.54, 1.807) is 26.0 Å². The molecule has 2 rings (SSSR count). The molecule has 0 spiro atoms. The second-order valence-electron chi connectivity index (χ2n) is 6.34. The van der Waals surface area contributed by atoms with Crippen LogP contribution >= 0.6 is 0 Å². The first kappa shape index (κ1) is 21.0. The van der Waals surface area contributed by atoms with E-state index in [0.717, 1.165) is 11.1 Å². The Labute approximate surface area is 165 Å². The molecule has 2 aromatic rings. The van der Waals surface area contributed by atoms with Crippen molar-refractivity contribution >= 4 is 11.9 Å². The molecule has 0 aliphatic heterocycles. The molecule has 5 nitrogen and oxygen atoms in total. The van der Waals surface area contributed by atoms with Gasteiger partial charge in [-0.1, -0.05) is 37.4 Å². The molecule has 0 heterocycles. The highest BCUT2D eigenvalue weighted by Gasteiger charge is 2.07. The van der Waals surface area contributed by atoms with E-state index in [-0.39, 0.29) is 6.61 Å².